The van der Waals surface area contributed by atoms with Gasteiger partial charge in [0.05, 0.1) is 12.4 Å². The van der Waals surface area contributed by atoms with Crippen LogP contribution in [0, 0.1) is 0 Å². The Labute approximate surface area is 122 Å². The summed E-state index contributed by atoms with van der Waals surface area (Å²) in [6.07, 6.45) is 5.31. The van der Waals surface area contributed by atoms with E-state index in [1.807, 2.05) is 0 Å². The molecule has 2 aliphatic rings. The van der Waals surface area contributed by atoms with Gasteiger partial charge in [0, 0.05) is 18.5 Å². The molecule has 5 nitrogen and oxygen atoms in total. The van der Waals surface area contributed by atoms with Crippen LogP contribution in [0.2, 0.25) is 0 Å². The van der Waals surface area contributed by atoms with E-state index in [0.29, 0.717) is 0 Å². The number of carbonyl (C=O) groups is 1. The highest BCUT2D eigenvalue weighted by Crippen LogP contribution is 2.52. The molecule has 0 atom stereocenters. The Hall–Kier alpha value is -2.43. The van der Waals surface area contributed by atoms with Gasteiger partial charge in [0.1, 0.15) is 5.82 Å². The largest absolute Gasteiger partial charge is 0.476 e. The highest BCUT2D eigenvalue weighted by Gasteiger charge is 2.49. The van der Waals surface area contributed by atoms with Crippen molar-refractivity contribution in [1.82, 2.24) is 9.97 Å². The quantitative estimate of drug-likeness (QED) is 0.914. The molecule has 1 spiro atoms. The van der Waals surface area contributed by atoms with E-state index >= 15 is 0 Å². The standard InChI is InChI=1S/C16H15N3O2/c20-15(21)13-7-18-14(8-17-13)19-9-11-3-1-2-4-12(11)16(10-19)5-6-16/h1-4,7-8H,5-6,9-10H2,(H,20,21). The minimum atomic E-state index is -1.04. The molecule has 0 unspecified atom stereocenters. The topological polar surface area (TPSA) is 66.3 Å². The summed E-state index contributed by atoms with van der Waals surface area (Å²) in [6, 6.07) is 8.58. The highest BCUT2D eigenvalue weighted by atomic mass is 16.4. The first kappa shape index (κ1) is 12.3. The van der Waals surface area contributed by atoms with E-state index in [2.05, 4.69) is 39.1 Å². The van der Waals surface area contributed by atoms with Gasteiger partial charge >= 0.3 is 5.97 Å². The first-order valence-electron chi connectivity index (χ1n) is 7.07. The number of carboxylic acids is 1. The van der Waals surface area contributed by atoms with Crippen LogP contribution in [0.1, 0.15) is 34.5 Å². The molecule has 1 saturated carbocycles. The van der Waals surface area contributed by atoms with E-state index in [4.69, 9.17) is 5.11 Å². The number of hydrogen-bond donors (Lipinski definition) is 1. The van der Waals surface area contributed by atoms with Crippen molar-refractivity contribution in [3.63, 3.8) is 0 Å². The van der Waals surface area contributed by atoms with Crippen molar-refractivity contribution in [2.75, 3.05) is 11.4 Å². The van der Waals surface area contributed by atoms with Crippen LogP contribution >= 0.6 is 0 Å². The second kappa shape index (κ2) is 4.28. The van der Waals surface area contributed by atoms with Crippen LogP contribution in [-0.4, -0.2) is 27.6 Å². The molecule has 2 aromatic rings. The molecule has 1 N–H and O–H groups in total. The molecule has 0 saturated heterocycles. The molecule has 1 aromatic heterocycles. The molecular weight excluding hydrogens is 266 g/mol. The van der Waals surface area contributed by atoms with Gasteiger partial charge in [0.15, 0.2) is 5.69 Å². The van der Waals surface area contributed by atoms with Crippen molar-refractivity contribution in [2.24, 2.45) is 0 Å². The molecule has 0 radical (unpaired) electrons. The minimum Gasteiger partial charge on any atom is -0.476 e. The lowest BCUT2D eigenvalue weighted by Gasteiger charge is -2.35. The van der Waals surface area contributed by atoms with Crippen molar-refractivity contribution in [3.8, 4) is 0 Å². The highest BCUT2D eigenvalue weighted by molar-refractivity contribution is 5.84. The van der Waals surface area contributed by atoms with Crippen LogP contribution in [0.5, 0.6) is 0 Å². The van der Waals surface area contributed by atoms with Gasteiger partial charge in [-0.3, -0.25) is 0 Å². The predicted octanol–water partition coefficient (Wildman–Crippen LogP) is 2.23. The molecule has 0 bridgehead atoms. The SMILES string of the molecule is O=C(O)c1cnc(N2Cc3ccccc3C3(CC3)C2)cn1. The van der Waals surface area contributed by atoms with Crippen molar-refractivity contribution in [3.05, 3.63) is 53.5 Å². The molecule has 2 heterocycles. The number of rotatable bonds is 2. The van der Waals surface area contributed by atoms with Crippen molar-refractivity contribution < 1.29 is 9.90 Å². The average molecular weight is 281 g/mol. The third kappa shape index (κ3) is 1.96. The summed E-state index contributed by atoms with van der Waals surface area (Å²) in [5.41, 5.74) is 3.06. The van der Waals surface area contributed by atoms with Crippen LogP contribution in [0.4, 0.5) is 5.82 Å². The van der Waals surface area contributed by atoms with E-state index in [0.717, 1.165) is 18.9 Å². The molecule has 1 aliphatic carbocycles. The Morgan fingerprint density at radius 1 is 1.19 bits per heavy atom. The Morgan fingerprint density at radius 3 is 2.67 bits per heavy atom. The Bertz CT molecular complexity index is 708. The van der Waals surface area contributed by atoms with Gasteiger partial charge in [-0.1, -0.05) is 24.3 Å². The molecule has 1 fully saturated rings. The van der Waals surface area contributed by atoms with Crippen LogP contribution < -0.4 is 4.90 Å². The smallest absolute Gasteiger partial charge is 0.356 e. The monoisotopic (exact) mass is 281 g/mol. The minimum absolute atomic E-state index is 0.0164. The van der Waals surface area contributed by atoms with Gasteiger partial charge < -0.3 is 10.0 Å². The number of carboxylic acid groups (broad SMARTS) is 1. The summed E-state index contributed by atoms with van der Waals surface area (Å²) in [5, 5.41) is 8.89. The maximum atomic E-state index is 10.8. The zero-order chi connectivity index (χ0) is 14.4. The zero-order valence-electron chi connectivity index (χ0n) is 11.5. The summed E-state index contributed by atoms with van der Waals surface area (Å²) < 4.78 is 0. The summed E-state index contributed by atoms with van der Waals surface area (Å²) in [5.74, 6) is -0.294. The number of aromatic carboxylic acids is 1. The van der Waals surface area contributed by atoms with E-state index in [1.165, 1.54) is 30.2 Å². The molecule has 106 valence electrons. The second-order valence-corrected chi connectivity index (χ2v) is 5.86. The van der Waals surface area contributed by atoms with Crippen molar-refractivity contribution in [1.29, 1.82) is 0 Å². The normalized spacial score (nSPS) is 18.4. The average Bonchev–Trinajstić information content (AvgIpc) is 3.27. The van der Waals surface area contributed by atoms with Gasteiger partial charge in [-0.05, 0) is 24.0 Å². The number of nitrogens with zero attached hydrogens (tertiary/aromatic N) is 3. The Kier molecular flexibility index (Phi) is 2.51. The summed E-state index contributed by atoms with van der Waals surface area (Å²) in [7, 11) is 0. The fraction of sp³-hybridized carbons (Fsp3) is 0.312. The first-order valence-corrected chi connectivity index (χ1v) is 7.07. The molecule has 4 rings (SSSR count). The van der Waals surface area contributed by atoms with E-state index in [1.54, 1.807) is 6.20 Å². The second-order valence-electron chi connectivity index (χ2n) is 5.86. The van der Waals surface area contributed by atoms with Crippen molar-refractivity contribution >= 4 is 11.8 Å². The lowest BCUT2D eigenvalue weighted by Crippen LogP contribution is -2.38. The fourth-order valence-corrected chi connectivity index (χ4v) is 3.22. The summed E-state index contributed by atoms with van der Waals surface area (Å²) in [6.45, 7) is 1.74. The van der Waals surface area contributed by atoms with Gasteiger partial charge in [0.25, 0.3) is 0 Å². The van der Waals surface area contributed by atoms with E-state index < -0.39 is 5.97 Å². The molecule has 1 aliphatic heterocycles. The number of hydrogen-bond acceptors (Lipinski definition) is 4. The summed E-state index contributed by atoms with van der Waals surface area (Å²) >= 11 is 0. The third-order valence-corrected chi connectivity index (χ3v) is 4.48. The van der Waals surface area contributed by atoms with Crippen molar-refractivity contribution in [2.45, 2.75) is 24.8 Å². The van der Waals surface area contributed by atoms with E-state index in [9.17, 15) is 4.79 Å². The molecule has 1 aromatic carbocycles. The number of benzene rings is 1. The van der Waals surface area contributed by atoms with Gasteiger partial charge in [-0.2, -0.15) is 0 Å². The van der Waals surface area contributed by atoms with Gasteiger partial charge in [-0.15, -0.1) is 0 Å². The maximum Gasteiger partial charge on any atom is 0.356 e. The molecule has 21 heavy (non-hydrogen) atoms. The third-order valence-electron chi connectivity index (χ3n) is 4.48. The van der Waals surface area contributed by atoms with E-state index in [-0.39, 0.29) is 11.1 Å². The van der Waals surface area contributed by atoms with Crippen LogP contribution in [-0.2, 0) is 12.0 Å². The maximum absolute atomic E-state index is 10.8. The number of anilines is 1. The Balaban J connectivity index is 1.67. The molecular formula is C16H15N3O2. The van der Waals surface area contributed by atoms with Gasteiger partial charge in [-0.25, -0.2) is 14.8 Å². The lowest BCUT2D eigenvalue weighted by molar-refractivity contribution is 0.0690. The lowest BCUT2D eigenvalue weighted by atomic mass is 9.87. The molecule has 5 heteroatoms. The van der Waals surface area contributed by atoms with Gasteiger partial charge in [0.2, 0.25) is 0 Å². The Morgan fingerprint density at radius 2 is 2.00 bits per heavy atom. The number of aromatic nitrogens is 2. The van der Waals surface area contributed by atoms with Crippen LogP contribution in [0.25, 0.3) is 0 Å². The number of fused-ring (bicyclic) bond motifs is 2. The first-order chi connectivity index (χ1) is 10.2. The predicted molar refractivity (Wildman–Crippen MR) is 77.4 cm³/mol. The van der Waals surface area contributed by atoms with Crippen LogP contribution in [0.3, 0.4) is 0 Å². The molecule has 0 amide bonds. The fourth-order valence-electron chi connectivity index (χ4n) is 3.22. The summed E-state index contributed by atoms with van der Waals surface area (Å²) in [4.78, 5) is 21.3. The zero-order valence-corrected chi connectivity index (χ0v) is 11.5. The van der Waals surface area contributed by atoms with Crippen LogP contribution in [0.15, 0.2) is 36.7 Å².